The molecule has 0 radical (unpaired) electrons. The second-order valence-electron chi connectivity index (χ2n) is 7.34. The zero-order chi connectivity index (χ0) is 14.5. The third-order valence-corrected chi connectivity index (χ3v) is 6.14. The Kier molecular flexibility index (Phi) is 3.54. The topological polar surface area (TPSA) is 29.1 Å². The number of hydrogen-bond donors (Lipinski definition) is 1. The lowest BCUT2D eigenvalue weighted by atomic mass is 9.85. The van der Waals surface area contributed by atoms with Crippen LogP contribution >= 0.6 is 0 Å². The zero-order valence-corrected chi connectivity index (χ0v) is 13.7. The normalized spacial score (nSPS) is 30.1. The summed E-state index contributed by atoms with van der Waals surface area (Å²) in [5, 5.41) is 3.99. The third kappa shape index (κ3) is 2.71. The van der Waals surface area contributed by atoms with Gasteiger partial charge in [0.25, 0.3) is 0 Å². The van der Waals surface area contributed by atoms with Crippen LogP contribution in [0.3, 0.4) is 0 Å². The standard InChI is InChI=1S/C17H25NOS/c1-11-9-15(18-13-6-7-13)14-10-12(17(2,3)4)5-8-16(14)20(11)19/h5,8,10-11,13,15,18H,6-7,9H2,1-4H3. The van der Waals surface area contributed by atoms with Crippen molar-refractivity contribution >= 4 is 10.8 Å². The summed E-state index contributed by atoms with van der Waals surface area (Å²) in [6.45, 7) is 8.82. The molecule has 0 spiro atoms. The van der Waals surface area contributed by atoms with Crippen LogP contribution in [-0.4, -0.2) is 15.5 Å². The van der Waals surface area contributed by atoms with Crippen molar-refractivity contribution in [3.63, 3.8) is 0 Å². The first-order chi connectivity index (χ1) is 9.36. The highest BCUT2D eigenvalue weighted by molar-refractivity contribution is 7.85. The van der Waals surface area contributed by atoms with E-state index in [1.54, 1.807) is 0 Å². The van der Waals surface area contributed by atoms with Crippen LogP contribution in [0.4, 0.5) is 0 Å². The Hall–Kier alpha value is -0.670. The predicted molar refractivity (Wildman–Crippen MR) is 84.5 cm³/mol. The highest BCUT2D eigenvalue weighted by atomic mass is 32.2. The summed E-state index contributed by atoms with van der Waals surface area (Å²) >= 11 is 0. The molecule has 2 nitrogen and oxygen atoms in total. The molecule has 1 aliphatic carbocycles. The molecule has 0 amide bonds. The van der Waals surface area contributed by atoms with Crippen molar-refractivity contribution in [2.45, 2.75) is 74.6 Å². The summed E-state index contributed by atoms with van der Waals surface area (Å²) in [4.78, 5) is 1.05. The van der Waals surface area contributed by atoms with Gasteiger partial charge in [-0.25, -0.2) is 0 Å². The van der Waals surface area contributed by atoms with Gasteiger partial charge in [0.1, 0.15) is 0 Å². The average molecular weight is 291 g/mol. The maximum absolute atomic E-state index is 12.5. The molecule has 1 aromatic carbocycles. The summed E-state index contributed by atoms with van der Waals surface area (Å²) < 4.78 is 12.5. The van der Waals surface area contributed by atoms with Gasteiger partial charge < -0.3 is 5.32 Å². The third-order valence-electron chi connectivity index (χ3n) is 4.42. The molecule has 1 saturated carbocycles. The Morgan fingerprint density at radius 2 is 1.95 bits per heavy atom. The van der Waals surface area contributed by atoms with E-state index < -0.39 is 10.8 Å². The summed E-state index contributed by atoms with van der Waals surface area (Å²) in [7, 11) is -0.850. The van der Waals surface area contributed by atoms with E-state index in [1.165, 1.54) is 24.0 Å². The molecular weight excluding hydrogens is 266 g/mol. The Bertz CT molecular complexity index is 542. The molecule has 3 rings (SSSR count). The van der Waals surface area contributed by atoms with Crippen LogP contribution < -0.4 is 5.32 Å². The van der Waals surface area contributed by atoms with Crippen molar-refractivity contribution in [2.24, 2.45) is 0 Å². The number of fused-ring (bicyclic) bond motifs is 1. The minimum atomic E-state index is -0.850. The minimum Gasteiger partial charge on any atom is -0.307 e. The van der Waals surface area contributed by atoms with Crippen molar-refractivity contribution < 1.29 is 4.21 Å². The Labute approximate surface area is 124 Å². The molecule has 3 atom stereocenters. The molecule has 1 aromatic rings. The van der Waals surface area contributed by atoms with E-state index in [0.717, 1.165) is 11.3 Å². The number of benzene rings is 1. The van der Waals surface area contributed by atoms with Crippen molar-refractivity contribution in [3.8, 4) is 0 Å². The van der Waals surface area contributed by atoms with Crippen LogP contribution in [0.25, 0.3) is 0 Å². The van der Waals surface area contributed by atoms with E-state index in [9.17, 15) is 4.21 Å². The Balaban J connectivity index is 2.01. The molecule has 0 bridgehead atoms. The molecule has 3 heteroatoms. The molecular formula is C17H25NOS. The van der Waals surface area contributed by atoms with Crippen LogP contribution in [0.5, 0.6) is 0 Å². The van der Waals surface area contributed by atoms with E-state index in [-0.39, 0.29) is 10.7 Å². The lowest BCUT2D eigenvalue weighted by molar-refractivity contribution is 0.472. The minimum absolute atomic E-state index is 0.143. The average Bonchev–Trinajstić information content (AvgIpc) is 3.18. The molecule has 2 aliphatic rings. The predicted octanol–water partition coefficient (Wildman–Crippen LogP) is 3.68. The number of nitrogens with one attached hydrogen (secondary N) is 1. The monoisotopic (exact) mass is 291 g/mol. The molecule has 1 aliphatic heterocycles. The van der Waals surface area contributed by atoms with Gasteiger partial charge in [-0.15, -0.1) is 0 Å². The van der Waals surface area contributed by atoms with Crippen molar-refractivity contribution in [3.05, 3.63) is 29.3 Å². The van der Waals surface area contributed by atoms with Crippen molar-refractivity contribution in [2.75, 3.05) is 0 Å². The lowest BCUT2D eigenvalue weighted by Gasteiger charge is -2.32. The molecule has 1 fully saturated rings. The molecule has 0 aromatic heterocycles. The fourth-order valence-corrected chi connectivity index (χ4v) is 4.36. The van der Waals surface area contributed by atoms with Crippen LogP contribution in [-0.2, 0) is 16.2 Å². The second-order valence-corrected chi connectivity index (χ2v) is 9.18. The molecule has 0 saturated heterocycles. The fourth-order valence-electron chi connectivity index (χ4n) is 2.93. The molecule has 20 heavy (non-hydrogen) atoms. The van der Waals surface area contributed by atoms with E-state index >= 15 is 0 Å². The van der Waals surface area contributed by atoms with Crippen LogP contribution in [0.15, 0.2) is 23.1 Å². The fraction of sp³-hybridized carbons (Fsp3) is 0.647. The Morgan fingerprint density at radius 3 is 2.55 bits per heavy atom. The molecule has 1 heterocycles. The van der Waals surface area contributed by atoms with Gasteiger partial charge in [0, 0.05) is 22.2 Å². The lowest BCUT2D eigenvalue weighted by Crippen LogP contribution is -2.33. The van der Waals surface area contributed by atoms with Gasteiger partial charge in [-0.3, -0.25) is 4.21 Å². The van der Waals surface area contributed by atoms with Gasteiger partial charge in [0.05, 0.1) is 10.8 Å². The summed E-state index contributed by atoms with van der Waals surface area (Å²) in [5.74, 6) is 0. The summed E-state index contributed by atoms with van der Waals surface area (Å²) in [6.07, 6.45) is 3.58. The first-order valence-corrected chi connectivity index (χ1v) is 8.88. The van der Waals surface area contributed by atoms with Crippen molar-refractivity contribution in [1.82, 2.24) is 5.32 Å². The first-order valence-electron chi connectivity index (χ1n) is 7.67. The SMILES string of the molecule is CC1CC(NC2CC2)c2cc(C(C)(C)C)ccc2S1=O. The molecule has 110 valence electrons. The van der Waals surface area contributed by atoms with Gasteiger partial charge in [-0.2, -0.15) is 0 Å². The van der Waals surface area contributed by atoms with Gasteiger partial charge in [-0.05, 0) is 41.9 Å². The van der Waals surface area contributed by atoms with Crippen LogP contribution in [0.2, 0.25) is 0 Å². The van der Waals surface area contributed by atoms with E-state index in [0.29, 0.717) is 12.1 Å². The van der Waals surface area contributed by atoms with Crippen LogP contribution in [0, 0.1) is 0 Å². The van der Waals surface area contributed by atoms with Gasteiger partial charge in [-0.1, -0.05) is 39.8 Å². The smallest absolute Gasteiger partial charge is 0.0562 e. The Morgan fingerprint density at radius 1 is 1.25 bits per heavy atom. The van der Waals surface area contributed by atoms with E-state index in [4.69, 9.17) is 0 Å². The molecule has 1 N–H and O–H groups in total. The highest BCUT2D eigenvalue weighted by Crippen LogP contribution is 2.38. The summed E-state index contributed by atoms with van der Waals surface area (Å²) in [5.41, 5.74) is 2.76. The zero-order valence-electron chi connectivity index (χ0n) is 12.9. The van der Waals surface area contributed by atoms with E-state index in [1.807, 2.05) is 0 Å². The maximum Gasteiger partial charge on any atom is 0.0562 e. The van der Waals surface area contributed by atoms with Gasteiger partial charge in [0.2, 0.25) is 0 Å². The highest BCUT2D eigenvalue weighted by Gasteiger charge is 2.34. The van der Waals surface area contributed by atoms with Gasteiger partial charge in [0.15, 0.2) is 0 Å². The van der Waals surface area contributed by atoms with Crippen molar-refractivity contribution in [1.29, 1.82) is 0 Å². The van der Waals surface area contributed by atoms with Gasteiger partial charge >= 0.3 is 0 Å². The largest absolute Gasteiger partial charge is 0.307 e. The van der Waals surface area contributed by atoms with Crippen LogP contribution in [0.1, 0.15) is 64.1 Å². The molecule has 3 unspecified atom stereocenters. The quantitative estimate of drug-likeness (QED) is 0.900. The number of hydrogen-bond acceptors (Lipinski definition) is 2. The van der Waals surface area contributed by atoms with E-state index in [2.05, 4.69) is 51.2 Å². The number of rotatable bonds is 2. The first kappa shape index (κ1) is 14.3. The second kappa shape index (κ2) is 4.96. The maximum atomic E-state index is 12.5. The summed E-state index contributed by atoms with van der Waals surface area (Å²) in [6, 6.07) is 7.61.